The first-order valence-electron chi connectivity index (χ1n) is 14.5. The molecule has 1 fully saturated rings. The molecule has 46 heavy (non-hydrogen) atoms. The van der Waals surface area contributed by atoms with Gasteiger partial charge in [0.2, 0.25) is 21.8 Å². The van der Waals surface area contributed by atoms with E-state index >= 15 is 0 Å². The summed E-state index contributed by atoms with van der Waals surface area (Å²) in [6, 6.07) is 12.6. The van der Waals surface area contributed by atoms with Crippen LogP contribution in [0.5, 0.6) is 5.75 Å². The highest BCUT2D eigenvalue weighted by molar-refractivity contribution is 7.91. The van der Waals surface area contributed by atoms with Crippen LogP contribution < -0.4 is 20.1 Å². The number of halogens is 3. The third kappa shape index (κ3) is 5.73. The summed E-state index contributed by atoms with van der Waals surface area (Å²) in [7, 11) is -4.07. The number of ether oxygens (including phenoxy) is 1. The molecule has 13 heteroatoms. The van der Waals surface area contributed by atoms with Crippen molar-refractivity contribution in [3.8, 4) is 5.75 Å². The fourth-order valence-corrected chi connectivity index (χ4v) is 7.20. The quantitative estimate of drug-likeness (QED) is 0.288. The highest BCUT2D eigenvalue weighted by atomic mass is 35.5. The molecular weight excluding hydrogens is 656 g/mol. The van der Waals surface area contributed by atoms with Gasteiger partial charge in [0.1, 0.15) is 17.0 Å². The number of sulfonamides is 1. The lowest BCUT2D eigenvalue weighted by atomic mass is 9.59. The number of carbonyl (C=O) groups is 3. The lowest BCUT2D eigenvalue weighted by Gasteiger charge is -2.47. The topological polar surface area (TPSA) is 131 Å². The zero-order chi connectivity index (χ0) is 34.0. The third-order valence-electron chi connectivity index (χ3n) is 8.60. The molecule has 0 aliphatic carbocycles. The number of aryl methyl sites for hydroxylation is 1. The van der Waals surface area contributed by atoms with E-state index in [2.05, 4.69) is 15.4 Å². The summed E-state index contributed by atoms with van der Waals surface area (Å²) in [6.45, 7) is 8.93. The van der Waals surface area contributed by atoms with Gasteiger partial charge in [-0.15, -0.1) is 0 Å². The van der Waals surface area contributed by atoms with Crippen molar-refractivity contribution in [3.05, 3.63) is 92.7 Å². The summed E-state index contributed by atoms with van der Waals surface area (Å²) < 4.78 is 47.4. The van der Waals surface area contributed by atoms with E-state index in [1.54, 1.807) is 37.3 Å². The predicted octanol–water partition coefficient (Wildman–Crippen LogP) is 6.08. The number of nitrogens with one attached hydrogen (secondary N) is 3. The molecule has 9 nitrogen and oxygen atoms in total. The van der Waals surface area contributed by atoms with Gasteiger partial charge in [-0.3, -0.25) is 14.4 Å². The lowest BCUT2D eigenvalue weighted by Crippen LogP contribution is -2.57. The van der Waals surface area contributed by atoms with Crippen LogP contribution in [0, 0.1) is 12.7 Å². The van der Waals surface area contributed by atoms with Crippen molar-refractivity contribution in [3.63, 3.8) is 0 Å². The minimum atomic E-state index is -4.07. The Kier molecular flexibility index (Phi) is 8.45. The van der Waals surface area contributed by atoms with Gasteiger partial charge in [-0.1, -0.05) is 35.3 Å². The Morgan fingerprint density at radius 3 is 2.30 bits per heavy atom. The van der Waals surface area contributed by atoms with Crippen LogP contribution in [0.2, 0.25) is 10.0 Å². The summed E-state index contributed by atoms with van der Waals surface area (Å²) in [6.07, 6.45) is -0.206. The van der Waals surface area contributed by atoms with Crippen molar-refractivity contribution < 1.29 is 31.9 Å². The molecule has 0 bridgehead atoms. The Morgan fingerprint density at radius 2 is 1.63 bits per heavy atom. The zero-order valence-corrected chi connectivity index (χ0v) is 28.4. The van der Waals surface area contributed by atoms with E-state index < -0.39 is 61.3 Å². The van der Waals surface area contributed by atoms with Crippen LogP contribution in [0.4, 0.5) is 10.1 Å². The Bertz CT molecular complexity index is 1890. The Balaban J connectivity index is 1.71. The van der Waals surface area contributed by atoms with Crippen molar-refractivity contribution in [2.45, 2.75) is 75.7 Å². The molecule has 3 N–H and O–H groups in total. The Labute approximate surface area is 277 Å². The number of anilines is 1. The molecular formula is C33H34Cl2FN3O6S. The van der Waals surface area contributed by atoms with Gasteiger partial charge in [0.05, 0.1) is 10.8 Å². The Morgan fingerprint density at radius 1 is 0.978 bits per heavy atom. The van der Waals surface area contributed by atoms with Gasteiger partial charge in [-0.05, 0) is 101 Å². The van der Waals surface area contributed by atoms with E-state index in [4.69, 9.17) is 27.9 Å². The Hall–Kier alpha value is -3.67. The fraction of sp³-hybridized carbons (Fsp3) is 0.364. The molecule has 1 spiro atoms. The molecule has 1 unspecified atom stereocenters. The summed E-state index contributed by atoms with van der Waals surface area (Å²) in [5.74, 6) is -3.22. The number of amides is 3. The molecule has 5 rings (SSSR count). The minimum Gasteiger partial charge on any atom is -0.478 e. The first kappa shape index (κ1) is 33.7. The summed E-state index contributed by atoms with van der Waals surface area (Å²) in [5.41, 5.74) is -1.01. The van der Waals surface area contributed by atoms with Gasteiger partial charge in [-0.25, -0.2) is 17.5 Å². The van der Waals surface area contributed by atoms with Crippen molar-refractivity contribution in [1.29, 1.82) is 0 Å². The van der Waals surface area contributed by atoms with Crippen LogP contribution in [-0.2, 0) is 29.8 Å². The molecule has 1 saturated heterocycles. The highest BCUT2D eigenvalue weighted by Crippen LogP contribution is 2.59. The van der Waals surface area contributed by atoms with Crippen LogP contribution in [0.1, 0.15) is 75.3 Å². The summed E-state index contributed by atoms with van der Waals surface area (Å²) in [4.78, 5) is 41.3. The maximum absolute atomic E-state index is 14.8. The monoisotopic (exact) mass is 689 g/mol. The number of benzene rings is 3. The molecule has 3 amide bonds. The molecule has 2 aliphatic rings. The van der Waals surface area contributed by atoms with Gasteiger partial charge < -0.3 is 15.4 Å². The summed E-state index contributed by atoms with van der Waals surface area (Å²) in [5, 5.41) is 6.50. The molecule has 3 aromatic rings. The van der Waals surface area contributed by atoms with Gasteiger partial charge in [0, 0.05) is 33.6 Å². The smallest absolute Gasteiger partial charge is 0.277 e. The van der Waals surface area contributed by atoms with Crippen LogP contribution in [0.15, 0.2) is 54.6 Å². The zero-order valence-electron chi connectivity index (χ0n) is 26.0. The van der Waals surface area contributed by atoms with E-state index in [0.717, 1.165) is 0 Å². The molecule has 0 radical (unpaired) electrons. The number of piperidine rings is 1. The molecule has 0 aromatic heterocycles. The SMILES string of the molecule is Cc1ccc(F)cc1[C@@H]1NC(=O)C[C@H](c2cc(Cl)ccc2OC(C)(C)C(=O)NS(=O)(=O)C(C)(C)C)C12C(=O)Nc1cc(Cl)ccc12. The average Bonchev–Trinajstić information content (AvgIpc) is 3.22. The maximum Gasteiger partial charge on any atom is 0.277 e. The molecule has 2 aliphatic heterocycles. The minimum absolute atomic E-state index is 0.0988. The fourth-order valence-electron chi connectivity index (χ4n) is 6.05. The molecule has 3 aromatic carbocycles. The maximum atomic E-state index is 14.8. The normalized spacial score (nSPS) is 21.4. The third-order valence-corrected chi connectivity index (χ3v) is 11.1. The van der Waals surface area contributed by atoms with Crippen molar-refractivity contribution in [1.82, 2.24) is 10.0 Å². The number of rotatable bonds is 6. The van der Waals surface area contributed by atoms with Gasteiger partial charge in [0.25, 0.3) is 5.91 Å². The van der Waals surface area contributed by atoms with Crippen LogP contribution in [0.3, 0.4) is 0 Å². The first-order chi connectivity index (χ1) is 21.3. The molecule has 3 atom stereocenters. The molecule has 0 saturated carbocycles. The van der Waals surface area contributed by atoms with E-state index in [1.165, 1.54) is 58.9 Å². The number of fused-ring (bicyclic) bond motifs is 2. The van der Waals surface area contributed by atoms with Gasteiger partial charge in [-0.2, -0.15) is 0 Å². The standard InChI is InChI=1S/C33H34Cl2FN3O6S/c1-17-7-10-20(36)15-21(17)28-33(23-11-8-19(35)14-25(23)37-30(33)42)24(16-27(40)38-28)22-13-18(34)9-12-26(22)45-32(5,6)29(41)39-46(43,44)31(2,3)4/h7-15,24,28H,16H2,1-6H3,(H,37,42)(H,38,40)(H,39,41)/t24-,28+,33?/m1/s1. The van der Waals surface area contributed by atoms with E-state index in [9.17, 15) is 27.2 Å². The summed E-state index contributed by atoms with van der Waals surface area (Å²) >= 11 is 12.8. The number of hydrogen-bond donors (Lipinski definition) is 3. The van der Waals surface area contributed by atoms with E-state index in [-0.39, 0.29) is 17.2 Å². The highest BCUT2D eigenvalue weighted by Gasteiger charge is 2.62. The van der Waals surface area contributed by atoms with Crippen LogP contribution >= 0.6 is 23.2 Å². The van der Waals surface area contributed by atoms with Gasteiger partial charge >= 0.3 is 0 Å². The van der Waals surface area contributed by atoms with E-state index in [1.807, 2.05) is 0 Å². The predicted molar refractivity (Wildman–Crippen MR) is 174 cm³/mol. The van der Waals surface area contributed by atoms with Gasteiger partial charge in [0.15, 0.2) is 5.60 Å². The van der Waals surface area contributed by atoms with Crippen LogP contribution in [0.25, 0.3) is 0 Å². The second kappa shape index (κ2) is 11.5. The second-order valence-corrected chi connectivity index (χ2v) is 16.4. The second-order valence-electron chi connectivity index (χ2n) is 13.1. The number of hydrogen-bond acceptors (Lipinski definition) is 6. The lowest BCUT2D eigenvalue weighted by molar-refractivity contribution is -0.133. The average molecular weight is 691 g/mol. The van der Waals surface area contributed by atoms with Crippen molar-refractivity contribution in [2.75, 3.05) is 5.32 Å². The molecule has 2 heterocycles. The molecule has 244 valence electrons. The number of carbonyl (C=O) groups excluding carboxylic acids is 3. The first-order valence-corrected chi connectivity index (χ1v) is 16.7. The largest absolute Gasteiger partial charge is 0.478 e. The van der Waals surface area contributed by atoms with Crippen LogP contribution in [-0.4, -0.2) is 36.5 Å². The van der Waals surface area contributed by atoms with E-state index in [0.29, 0.717) is 33.0 Å². The van der Waals surface area contributed by atoms with Crippen molar-refractivity contribution in [2.24, 2.45) is 0 Å². The van der Waals surface area contributed by atoms with Crippen molar-refractivity contribution >= 4 is 56.6 Å².